The Bertz CT molecular complexity index is 370. The zero-order valence-corrected chi connectivity index (χ0v) is 10.2. The monoisotopic (exact) mass is 245 g/mol. The molecular weight excluding hydrogens is 226 g/mol. The van der Waals surface area contributed by atoms with Crippen molar-refractivity contribution in [3.05, 3.63) is 24.0 Å². The molecule has 0 fully saturated rings. The maximum absolute atomic E-state index is 10.4. The number of hydrogen-bond acceptors (Lipinski definition) is 2. The van der Waals surface area contributed by atoms with E-state index in [4.69, 9.17) is 4.55 Å². The average molecular weight is 245 g/mol. The first-order chi connectivity index (χ1) is 7.58. The van der Waals surface area contributed by atoms with E-state index in [0.29, 0.717) is 6.42 Å². The number of aromatic nitrogens is 1. The summed E-state index contributed by atoms with van der Waals surface area (Å²) in [6, 6.07) is 2.07. The largest absolute Gasteiger partial charge is 0.367 e. The van der Waals surface area contributed by atoms with Crippen molar-refractivity contribution in [2.75, 3.05) is 5.75 Å². The average Bonchev–Trinajstić information content (AvgIpc) is 2.67. The Labute approximate surface area is 96.8 Å². The minimum Gasteiger partial charge on any atom is -0.367 e. The molecule has 1 aromatic heterocycles. The third-order valence-corrected chi connectivity index (χ3v) is 3.33. The van der Waals surface area contributed by atoms with Gasteiger partial charge in [-0.3, -0.25) is 4.55 Å². The lowest BCUT2D eigenvalue weighted by Crippen LogP contribution is -2.03. The van der Waals surface area contributed by atoms with Crippen LogP contribution in [0.3, 0.4) is 0 Å². The van der Waals surface area contributed by atoms with Crippen molar-refractivity contribution in [3.63, 3.8) is 0 Å². The molecular formula is C11H19NO3S. The van der Waals surface area contributed by atoms with E-state index in [-0.39, 0.29) is 5.75 Å². The first kappa shape index (κ1) is 13.3. The molecule has 92 valence electrons. The van der Waals surface area contributed by atoms with Gasteiger partial charge in [-0.1, -0.05) is 19.3 Å². The molecule has 0 amide bonds. The standard InChI is InChI=1S/C11H19NO3S/c13-16(14,15)9-5-3-1-2-4-6-11-7-8-12-10-11/h7-8,10,12H,1-6,9H2,(H,13,14,15). The minimum absolute atomic E-state index is 0.106. The number of rotatable bonds is 8. The highest BCUT2D eigenvalue weighted by atomic mass is 32.2. The Balaban J connectivity index is 1.93. The molecule has 16 heavy (non-hydrogen) atoms. The molecule has 0 saturated carbocycles. The number of aromatic amines is 1. The third-order valence-electron chi connectivity index (χ3n) is 2.53. The van der Waals surface area contributed by atoms with Gasteiger partial charge in [0.25, 0.3) is 10.1 Å². The van der Waals surface area contributed by atoms with E-state index >= 15 is 0 Å². The van der Waals surface area contributed by atoms with E-state index < -0.39 is 10.1 Å². The lowest BCUT2D eigenvalue weighted by molar-refractivity contribution is 0.479. The van der Waals surface area contributed by atoms with Crippen molar-refractivity contribution in [1.29, 1.82) is 0 Å². The molecule has 0 spiro atoms. The van der Waals surface area contributed by atoms with Crippen LogP contribution in [0.5, 0.6) is 0 Å². The van der Waals surface area contributed by atoms with Crippen molar-refractivity contribution in [2.45, 2.75) is 38.5 Å². The van der Waals surface area contributed by atoms with E-state index in [9.17, 15) is 8.42 Å². The molecule has 1 aromatic rings. The number of aryl methyl sites for hydroxylation is 1. The lowest BCUT2D eigenvalue weighted by atomic mass is 10.1. The van der Waals surface area contributed by atoms with Crippen molar-refractivity contribution in [1.82, 2.24) is 4.98 Å². The Kier molecular flexibility index (Phi) is 5.55. The first-order valence-electron chi connectivity index (χ1n) is 5.65. The molecule has 0 unspecified atom stereocenters. The summed E-state index contributed by atoms with van der Waals surface area (Å²) in [6.07, 6.45) is 9.68. The summed E-state index contributed by atoms with van der Waals surface area (Å²) in [7, 11) is -3.76. The van der Waals surface area contributed by atoms with Crippen molar-refractivity contribution < 1.29 is 13.0 Å². The maximum atomic E-state index is 10.4. The van der Waals surface area contributed by atoms with E-state index in [0.717, 1.165) is 32.1 Å². The summed E-state index contributed by atoms with van der Waals surface area (Å²) in [6.45, 7) is 0. The summed E-state index contributed by atoms with van der Waals surface area (Å²) in [5, 5.41) is 0. The highest BCUT2D eigenvalue weighted by Crippen LogP contribution is 2.08. The summed E-state index contributed by atoms with van der Waals surface area (Å²) in [4.78, 5) is 3.01. The first-order valence-corrected chi connectivity index (χ1v) is 7.26. The van der Waals surface area contributed by atoms with Gasteiger partial charge in [-0.05, 0) is 30.9 Å². The molecule has 1 rings (SSSR count). The molecule has 0 saturated heterocycles. The number of hydrogen-bond donors (Lipinski definition) is 2. The van der Waals surface area contributed by atoms with Gasteiger partial charge in [0.1, 0.15) is 0 Å². The summed E-state index contributed by atoms with van der Waals surface area (Å²) < 4.78 is 29.4. The fourth-order valence-electron chi connectivity index (χ4n) is 1.66. The molecule has 1 heterocycles. The zero-order chi connectivity index (χ0) is 11.9. The van der Waals surface area contributed by atoms with Crippen molar-refractivity contribution in [2.24, 2.45) is 0 Å². The Morgan fingerprint density at radius 2 is 1.81 bits per heavy atom. The highest BCUT2D eigenvalue weighted by molar-refractivity contribution is 7.85. The van der Waals surface area contributed by atoms with Gasteiger partial charge in [0.15, 0.2) is 0 Å². The number of unbranched alkanes of at least 4 members (excludes halogenated alkanes) is 4. The predicted molar refractivity (Wildman–Crippen MR) is 64.0 cm³/mol. The molecule has 0 aliphatic rings. The Morgan fingerprint density at radius 1 is 1.12 bits per heavy atom. The van der Waals surface area contributed by atoms with Crippen LogP contribution in [0.4, 0.5) is 0 Å². The molecule has 2 N–H and O–H groups in total. The Morgan fingerprint density at radius 3 is 2.44 bits per heavy atom. The van der Waals surface area contributed by atoms with Crippen LogP contribution in [0.15, 0.2) is 18.5 Å². The van der Waals surface area contributed by atoms with Crippen molar-refractivity contribution in [3.8, 4) is 0 Å². The van der Waals surface area contributed by atoms with Gasteiger partial charge in [-0.2, -0.15) is 8.42 Å². The second-order valence-electron chi connectivity index (χ2n) is 4.02. The summed E-state index contributed by atoms with van der Waals surface area (Å²) in [5.41, 5.74) is 1.32. The Hall–Kier alpha value is -0.810. The van der Waals surface area contributed by atoms with Crippen LogP contribution in [0.25, 0.3) is 0 Å². The molecule has 0 aliphatic carbocycles. The van der Waals surface area contributed by atoms with E-state index in [2.05, 4.69) is 11.1 Å². The van der Waals surface area contributed by atoms with Crippen LogP contribution in [-0.4, -0.2) is 23.7 Å². The van der Waals surface area contributed by atoms with Gasteiger partial charge in [0.2, 0.25) is 0 Å². The van der Waals surface area contributed by atoms with Crippen molar-refractivity contribution >= 4 is 10.1 Å². The van der Waals surface area contributed by atoms with Gasteiger partial charge in [-0.25, -0.2) is 0 Å². The summed E-state index contributed by atoms with van der Waals surface area (Å²) in [5.74, 6) is -0.106. The molecule has 4 nitrogen and oxygen atoms in total. The number of H-pyrrole nitrogens is 1. The quantitative estimate of drug-likeness (QED) is 0.545. The van der Waals surface area contributed by atoms with Gasteiger partial charge in [0, 0.05) is 12.4 Å². The topological polar surface area (TPSA) is 70.2 Å². The van der Waals surface area contributed by atoms with Crippen LogP contribution in [0, 0.1) is 0 Å². The minimum atomic E-state index is -3.76. The SMILES string of the molecule is O=S(=O)(O)CCCCCCCc1cc[nH]c1. The third kappa shape index (κ3) is 6.63. The smallest absolute Gasteiger partial charge is 0.264 e. The van der Waals surface area contributed by atoms with Gasteiger partial charge >= 0.3 is 0 Å². The van der Waals surface area contributed by atoms with E-state index in [1.165, 1.54) is 5.56 Å². The fourth-order valence-corrected chi connectivity index (χ4v) is 2.23. The zero-order valence-electron chi connectivity index (χ0n) is 9.35. The molecule has 0 atom stereocenters. The molecule has 0 bridgehead atoms. The van der Waals surface area contributed by atoms with Crippen LogP contribution >= 0.6 is 0 Å². The molecule has 5 heteroatoms. The van der Waals surface area contributed by atoms with E-state index in [1.807, 2.05) is 12.4 Å². The molecule has 0 radical (unpaired) electrons. The summed E-state index contributed by atoms with van der Waals surface area (Å²) >= 11 is 0. The lowest BCUT2D eigenvalue weighted by Gasteiger charge is -2.00. The second-order valence-corrected chi connectivity index (χ2v) is 5.60. The van der Waals surface area contributed by atoms with Crippen LogP contribution in [-0.2, 0) is 16.5 Å². The van der Waals surface area contributed by atoms with Gasteiger partial charge < -0.3 is 4.98 Å². The fraction of sp³-hybridized carbons (Fsp3) is 0.636. The predicted octanol–water partition coefficient (Wildman–Crippen LogP) is 2.40. The van der Waals surface area contributed by atoms with E-state index in [1.54, 1.807) is 0 Å². The second kappa shape index (κ2) is 6.70. The van der Waals surface area contributed by atoms with Gasteiger partial charge in [0.05, 0.1) is 5.75 Å². The molecule has 0 aliphatic heterocycles. The van der Waals surface area contributed by atoms with Crippen LogP contribution < -0.4 is 0 Å². The maximum Gasteiger partial charge on any atom is 0.264 e. The van der Waals surface area contributed by atoms with Gasteiger partial charge in [-0.15, -0.1) is 0 Å². The normalized spacial score (nSPS) is 11.8. The van der Waals surface area contributed by atoms with Crippen LogP contribution in [0.2, 0.25) is 0 Å². The number of nitrogens with one attached hydrogen (secondary N) is 1. The highest BCUT2D eigenvalue weighted by Gasteiger charge is 2.02. The van der Waals surface area contributed by atoms with Crippen LogP contribution in [0.1, 0.15) is 37.7 Å². The molecule has 0 aromatic carbocycles.